The molecular weight excluding hydrogens is 338 g/mol. The van der Waals surface area contributed by atoms with Gasteiger partial charge in [0.25, 0.3) is 0 Å². The van der Waals surface area contributed by atoms with Gasteiger partial charge in [-0.15, -0.1) is 0 Å². The average molecular weight is 360 g/mol. The number of ether oxygens (including phenoxy) is 1. The molecule has 0 radical (unpaired) electrons. The Bertz CT molecular complexity index is 403. The number of benzene rings is 1. The van der Waals surface area contributed by atoms with Gasteiger partial charge in [0.05, 0.1) is 0 Å². The first kappa shape index (κ1) is 16.1. The highest BCUT2D eigenvalue weighted by atomic mass is 79.9. The summed E-state index contributed by atoms with van der Waals surface area (Å²) in [6, 6.07) is 7.64. The zero-order valence-corrected chi connectivity index (χ0v) is 14.2. The Kier molecular flexibility index (Phi) is 6.20. The quantitative estimate of drug-likeness (QED) is 0.748. The molecule has 0 amide bonds. The first-order valence-corrected chi connectivity index (χ1v) is 8.98. The zero-order chi connectivity index (χ0) is 14.4. The predicted octanol–water partition coefficient (Wildman–Crippen LogP) is 3.06. The van der Waals surface area contributed by atoms with Crippen molar-refractivity contribution in [3.05, 3.63) is 28.7 Å². The minimum Gasteiger partial charge on any atom is -0.491 e. The maximum atomic E-state index is 9.92. The maximum Gasteiger partial charge on any atom is 0.119 e. The molecular formula is C15H22BrNO2S. The van der Waals surface area contributed by atoms with Gasteiger partial charge >= 0.3 is 0 Å². The SMILES string of the molecule is CSC1(CNCC(O)COc2ccc(Br)cc2)CCC1. The normalized spacial score (nSPS) is 18.4. The predicted molar refractivity (Wildman–Crippen MR) is 88.6 cm³/mol. The van der Waals surface area contributed by atoms with Gasteiger partial charge in [0, 0.05) is 22.3 Å². The lowest BCUT2D eigenvalue weighted by atomic mass is 9.84. The molecule has 3 nitrogen and oxygen atoms in total. The molecule has 0 aromatic heterocycles. The first-order chi connectivity index (χ1) is 9.63. The molecule has 1 aliphatic carbocycles. The van der Waals surface area contributed by atoms with Gasteiger partial charge < -0.3 is 15.2 Å². The molecule has 0 spiro atoms. The van der Waals surface area contributed by atoms with Crippen LogP contribution in [-0.2, 0) is 0 Å². The molecule has 112 valence electrons. The number of thioether (sulfide) groups is 1. The van der Waals surface area contributed by atoms with Crippen LogP contribution in [0.1, 0.15) is 19.3 Å². The molecule has 20 heavy (non-hydrogen) atoms. The van der Waals surface area contributed by atoms with Crippen molar-refractivity contribution in [3.63, 3.8) is 0 Å². The van der Waals surface area contributed by atoms with Crippen LogP contribution in [0, 0.1) is 0 Å². The summed E-state index contributed by atoms with van der Waals surface area (Å²) in [4.78, 5) is 0. The second-order valence-electron chi connectivity index (χ2n) is 5.29. The topological polar surface area (TPSA) is 41.5 Å². The molecule has 1 unspecified atom stereocenters. The number of halogens is 1. The second kappa shape index (κ2) is 7.69. The van der Waals surface area contributed by atoms with Crippen LogP contribution in [0.15, 0.2) is 28.7 Å². The number of hydrogen-bond donors (Lipinski definition) is 2. The van der Waals surface area contributed by atoms with Gasteiger partial charge in [-0.25, -0.2) is 0 Å². The summed E-state index contributed by atoms with van der Waals surface area (Å²) >= 11 is 5.32. The van der Waals surface area contributed by atoms with Crippen molar-refractivity contribution in [1.29, 1.82) is 0 Å². The van der Waals surface area contributed by atoms with Crippen LogP contribution in [0.4, 0.5) is 0 Å². The minimum absolute atomic E-state index is 0.320. The fourth-order valence-electron chi connectivity index (χ4n) is 2.27. The fraction of sp³-hybridized carbons (Fsp3) is 0.600. The van der Waals surface area contributed by atoms with Crippen LogP contribution < -0.4 is 10.1 Å². The highest BCUT2D eigenvalue weighted by molar-refractivity contribution is 9.10. The van der Waals surface area contributed by atoms with Crippen LogP contribution in [0.3, 0.4) is 0 Å². The van der Waals surface area contributed by atoms with Crippen molar-refractivity contribution in [2.24, 2.45) is 0 Å². The van der Waals surface area contributed by atoms with Gasteiger partial charge in [0.15, 0.2) is 0 Å². The minimum atomic E-state index is -0.474. The van der Waals surface area contributed by atoms with Crippen molar-refractivity contribution in [2.75, 3.05) is 26.0 Å². The van der Waals surface area contributed by atoms with E-state index in [1.54, 1.807) is 0 Å². The van der Waals surface area contributed by atoms with E-state index in [1.165, 1.54) is 19.3 Å². The first-order valence-electron chi connectivity index (χ1n) is 6.96. The number of aliphatic hydroxyl groups excluding tert-OH is 1. The summed E-state index contributed by atoms with van der Waals surface area (Å²) in [6.45, 7) is 1.88. The molecule has 1 aliphatic rings. The summed E-state index contributed by atoms with van der Waals surface area (Å²) < 4.78 is 6.99. The molecule has 5 heteroatoms. The van der Waals surface area contributed by atoms with E-state index in [2.05, 4.69) is 27.5 Å². The van der Waals surface area contributed by atoms with E-state index in [9.17, 15) is 5.11 Å². The van der Waals surface area contributed by atoms with E-state index in [1.807, 2.05) is 36.0 Å². The smallest absolute Gasteiger partial charge is 0.119 e. The monoisotopic (exact) mass is 359 g/mol. The van der Waals surface area contributed by atoms with Crippen LogP contribution in [0.25, 0.3) is 0 Å². The number of hydrogen-bond acceptors (Lipinski definition) is 4. The highest BCUT2D eigenvalue weighted by Crippen LogP contribution is 2.42. The van der Waals surface area contributed by atoms with E-state index >= 15 is 0 Å². The van der Waals surface area contributed by atoms with E-state index in [4.69, 9.17) is 4.74 Å². The largest absolute Gasteiger partial charge is 0.491 e. The number of aliphatic hydroxyl groups is 1. The molecule has 1 atom stereocenters. The molecule has 0 bridgehead atoms. The summed E-state index contributed by atoms with van der Waals surface area (Å²) in [5.41, 5.74) is 0. The Hall–Kier alpha value is -0.230. The third-order valence-corrected chi connectivity index (χ3v) is 5.73. The van der Waals surface area contributed by atoms with Gasteiger partial charge in [-0.1, -0.05) is 22.4 Å². The lowest BCUT2D eigenvalue weighted by Crippen LogP contribution is -2.45. The molecule has 1 aromatic carbocycles. The molecule has 1 saturated carbocycles. The Morgan fingerprint density at radius 1 is 1.40 bits per heavy atom. The van der Waals surface area contributed by atoms with Gasteiger partial charge in [0.2, 0.25) is 0 Å². The highest BCUT2D eigenvalue weighted by Gasteiger charge is 2.35. The molecule has 0 aliphatic heterocycles. The van der Waals surface area contributed by atoms with E-state index in [-0.39, 0.29) is 0 Å². The summed E-state index contributed by atoms with van der Waals surface area (Å²) in [7, 11) is 0. The van der Waals surface area contributed by atoms with E-state index < -0.39 is 6.10 Å². The third-order valence-electron chi connectivity index (χ3n) is 3.78. The Labute approximate surface area is 133 Å². The van der Waals surface area contributed by atoms with Crippen molar-refractivity contribution in [2.45, 2.75) is 30.1 Å². The molecule has 2 N–H and O–H groups in total. The third kappa shape index (κ3) is 4.65. The lowest BCUT2D eigenvalue weighted by molar-refractivity contribution is 0.105. The van der Waals surface area contributed by atoms with Crippen LogP contribution in [0.2, 0.25) is 0 Å². The van der Waals surface area contributed by atoms with E-state index in [0.717, 1.165) is 16.8 Å². The second-order valence-corrected chi connectivity index (χ2v) is 7.48. The van der Waals surface area contributed by atoms with Crippen molar-refractivity contribution < 1.29 is 9.84 Å². The van der Waals surface area contributed by atoms with Gasteiger partial charge in [0.1, 0.15) is 18.5 Å². The van der Waals surface area contributed by atoms with E-state index in [0.29, 0.717) is 17.9 Å². The van der Waals surface area contributed by atoms with Crippen molar-refractivity contribution in [3.8, 4) is 5.75 Å². The Balaban J connectivity index is 1.63. The number of rotatable bonds is 8. The molecule has 1 fully saturated rings. The number of nitrogens with one attached hydrogen (secondary N) is 1. The van der Waals surface area contributed by atoms with Gasteiger partial charge in [-0.2, -0.15) is 11.8 Å². The van der Waals surface area contributed by atoms with Crippen LogP contribution in [0.5, 0.6) is 5.75 Å². The van der Waals surface area contributed by atoms with Crippen LogP contribution in [-0.4, -0.2) is 41.9 Å². The maximum absolute atomic E-state index is 9.92. The van der Waals surface area contributed by atoms with Crippen molar-refractivity contribution >= 4 is 27.7 Å². The zero-order valence-electron chi connectivity index (χ0n) is 11.8. The van der Waals surface area contributed by atoms with Gasteiger partial charge in [-0.3, -0.25) is 0 Å². The summed E-state index contributed by atoms with van der Waals surface area (Å²) in [5, 5.41) is 13.3. The lowest BCUT2D eigenvalue weighted by Gasteiger charge is -2.40. The molecule has 0 saturated heterocycles. The summed E-state index contributed by atoms with van der Waals surface area (Å²) in [5.74, 6) is 0.784. The summed E-state index contributed by atoms with van der Waals surface area (Å²) in [6.07, 6.45) is 5.60. The standard InChI is InChI=1S/C15H22BrNO2S/c1-20-15(7-2-8-15)11-17-9-13(18)10-19-14-5-3-12(16)4-6-14/h3-6,13,17-18H,2,7-11H2,1H3. The Morgan fingerprint density at radius 3 is 2.65 bits per heavy atom. The average Bonchev–Trinajstić information content (AvgIpc) is 2.41. The molecule has 2 rings (SSSR count). The van der Waals surface area contributed by atoms with Crippen LogP contribution >= 0.6 is 27.7 Å². The molecule has 1 aromatic rings. The molecule has 0 heterocycles. The van der Waals surface area contributed by atoms with Gasteiger partial charge in [-0.05, 0) is 43.4 Å². The fourth-order valence-corrected chi connectivity index (χ4v) is 3.48. The Morgan fingerprint density at radius 2 is 2.10 bits per heavy atom. The van der Waals surface area contributed by atoms with Crippen molar-refractivity contribution in [1.82, 2.24) is 5.32 Å².